The van der Waals surface area contributed by atoms with E-state index in [-0.39, 0.29) is 16.0 Å². The van der Waals surface area contributed by atoms with E-state index >= 15 is 0 Å². The fourth-order valence-electron chi connectivity index (χ4n) is 2.00. The van der Waals surface area contributed by atoms with Gasteiger partial charge in [-0.1, -0.05) is 39.3 Å². The van der Waals surface area contributed by atoms with Crippen LogP contribution in [-0.2, 0) is 6.54 Å². The minimum absolute atomic E-state index is 0.155. The van der Waals surface area contributed by atoms with Gasteiger partial charge in [0.25, 0.3) is 5.56 Å². The lowest BCUT2D eigenvalue weighted by atomic mass is 9.85. The largest absolute Gasteiger partial charge is 0.298 e. The van der Waals surface area contributed by atoms with Crippen LogP contribution in [0, 0.1) is 11.3 Å². The third-order valence-electron chi connectivity index (χ3n) is 2.33. The van der Waals surface area contributed by atoms with Gasteiger partial charge < -0.3 is 0 Å². The zero-order chi connectivity index (χ0) is 12.3. The third kappa shape index (κ3) is 3.97. The molecule has 1 aromatic rings. The van der Waals surface area contributed by atoms with E-state index in [9.17, 15) is 4.79 Å². The van der Waals surface area contributed by atoms with Crippen LogP contribution in [0.1, 0.15) is 34.1 Å². The number of halogens is 1. The molecule has 4 heteroatoms. The van der Waals surface area contributed by atoms with Crippen molar-refractivity contribution in [3.05, 3.63) is 27.9 Å². The minimum atomic E-state index is -0.155. The van der Waals surface area contributed by atoms with Crippen LogP contribution in [0.3, 0.4) is 0 Å². The standard InChI is InChI=1S/C12H19ClN2O/c1-9(5-12(2,3)4)7-15-8-14-6-10(13)11(15)16/h6,8-9H,5,7H2,1-4H3. The Hall–Kier alpha value is -0.830. The lowest BCUT2D eigenvalue weighted by molar-refractivity contribution is 0.283. The maximum Gasteiger partial charge on any atom is 0.272 e. The highest BCUT2D eigenvalue weighted by atomic mass is 35.5. The van der Waals surface area contributed by atoms with Crippen LogP contribution in [0.2, 0.25) is 5.02 Å². The molecular formula is C12H19ClN2O. The molecule has 1 atom stereocenters. The van der Waals surface area contributed by atoms with Gasteiger partial charge in [0, 0.05) is 6.54 Å². The molecule has 0 aliphatic heterocycles. The second-order valence-electron chi connectivity index (χ2n) is 5.57. The van der Waals surface area contributed by atoms with Crippen LogP contribution in [0.5, 0.6) is 0 Å². The number of hydrogen-bond donors (Lipinski definition) is 0. The van der Waals surface area contributed by atoms with Crippen LogP contribution in [0.4, 0.5) is 0 Å². The topological polar surface area (TPSA) is 34.9 Å². The van der Waals surface area contributed by atoms with Gasteiger partial charge in [0.05, 0.1) is 12.5 Å². The average molecular weight is 243 g/mol. The lowest BCUT2D eigenvalue weighted by Crippen LogP contribution is -2.25. The van der Waals surface area contributed by atoms with E-state index < -0.39 is 0 Å². The first kappa shape index (κ1) is 13.2. The molecule has 0 N–H and O–H groups in total. The molecule has 0 fully saturated rings. The van der Waals surface area contributed by atoms with Crippen LogP contribution in [-0.4, -0.2) is 9.55 Å². The maximum absolute atomic E-state index is 11.7. The van der Waals surface area contributed by atoms with Gasteiger partial charge >= 0.3 is 0 Å². The van der Waals surface area contributed by atoms with E-state index in [0.717, 1.165) is 6.42 Å². The average Bonchev–Trinajstić information content (AvgIpc) is 2.09. The molecule has 0 aliphatic rings. The molecule has 1 heterocycles. The Morgan fingerprint density at radius 2 is 2.12 bits per heavy atom. The van der Waals surface area contributed by atoms with Crippen LogP contribution < -0.4 is 5.56 Å². The summed E-state index contributed by atoms with van der Waals surface area (Å²) in [6, 6.07) is 0. The van der Waals surface area contributed by atoms with Gasteiger partial charge in [-0.25, -0.2) is 4.98 Å². The number of nitrogens with zero attached hydrogens (tertiary/aromatic N) is 2. The van der Waals surface area contributed by atoms with Gasteiger partial charge in [-0.05, 0) is 17.8 Å². The van der Waals surface area contributed by atoms with Crippen molar-refractivity contribution in [3.8, 4) is 0 Å². The summed E-state index contributed by atoms with van der Waals surface area (Å²) in [5.41, 5.74) is 0.118. The van der Waals surface area contributed by atoms with Gasteiger partial charge in [-0.15, -0.1) is 0 Å². The number of rotatable bonds is 3. The van der Waals surface area contributed by atoms with Gasteiger partial charge in [0.2, 0.25) is 0 Å². The smallest absolute Gasteiger partial charge is 0.272 e. The molecule has 0 radical (unpaired) electrons. The molecule has 0 amide bonds. The predicted octanol–water partition coefficient (Wildman–Crippen LogP) is 2.97. The second kappa shape index (κ2) is 5.00. The Morgan fingerprint density at radius 1 is 1.50 bits per heavy atom. The number of hydrogen-bond acceptors (Lipinski definition) is 2. The molecule has 0 aliphatic carbocycles. The zero-order valence-electron chi connectivity index (χ0n) is 10.3. The summed E-state index contributed by atoms with van der Waals surface area (Å²) in [6.07, 6.45) is 3.99. The molecule has 1 rings (SSSR count). The highest BCUT2D eigenvalue weighted by Gasteiger charge is 2.16. The molecule has 90 valence electrons. The molecule has 0 saturated carbocycles. The third-order valence-corrected chi connectivity index (χ3v) is 2.59. The van der Waals surface area contributed by atoms with Crippen molar-refractivity contribution >= 4 is 11.6 Å². The molecule has 0 saturated heterocycles. The van der Waals surface area contributed by atoms with E-state index in [0.29, 0.717) is 12.5 Å². The maximum atomic E-state index is 11.7. The normalized spacial score (nSPS) is 13.8. The van der Waals surface area contributed by atoms with Crippen molar-refractivity contribution in [1.29, 1.82) is 0 Å². The summed E-state index contributed by atoms with van der Waals surface area (Å²) in [7, 11) is 0. The quantitative estimate of drug-likeness (QED) is 0.817. The fourth-order valence-corrected chi connectivity index (χ4v) is 2.16. The summed E-state index contributed by atoms with van der Waals surface area (Å²) in [5.74, 6) is 0.429. The molecule has 0 bridgehead atoms. The van der Waals surface area contributed by atoms with E-state index in [2.05, 4.69) is 32.7 Å². The Kier molecular flexibility index (Phi) is 4.14. The van der Waals surface area contributed by atoms with Gasteiger partial charge in [-0.2, -0.15) is 0 Å². The summed E-state index contributed by atoms with van der Waals surface area (Å²) in [5, 5.41) is 0.186. The predicted molar refractivity (Wildman–Crippen MR) is 66.7 cm³/mol. The molecular weight excluding hydrogens is 224 g/mol. The Balaban J connectivity index is 2.74. The Morgan fingerprint density at radius 3 is 2.69 bits per heavy atom. The Bertz CT molecular complexity index is 406. The lowest BCUT2D eigenvalue weighted by Gasteiger charge is -2.23. The number of aromatic nitrogens is 2. The van der Waals surface area contributed by atoms with Crippen LogP contribution >= 0.6 is 11.6 Å². The summed E-state index contributed by atoms with van der Waals surface area (Å²) < 4.78 is 1.58. The minimum Gasteiger partial charge on any atom is -0.298 e. The Labute approximate surface area is 101 Å². The first-order valence-electron chi connectivity index (χ1n) is 5.49. The molecule has 16 heavy (non-hydrogen) atoms. The van der Waals surface area contributed by atoms with Gasteiger partial charge in [-0.3, -0.25) is 9.36 Å². The van der Waals surface area contributed by atoms with Crippen molar-refractivity contribution in [2.24, 2.45) is 11.3 Å². The highest BCUT2D eigenvalue weighted by Crippen LogP contribution is 2.24. The van der Waals surface area contributed by atoms with E-state index in [1.807, 2.05) is 0 Å². The van der Waals surface area contributed by atoms with Crippen LogP contribution in [0.15, 0.2) is 17.3 Å². The van der Waals surface area contributed by atoms with E-state index in [1.165, 1.54) is 6.20 Å². The highest BCUT2D eigenvalue weighted by molar-refractivity contribution is 6.30. The first-order chi connectivity index (χ1) is 7.29. The fraction of sp³-hybridized carbons (Fsp3) is 0.667. The first-order valence-corrected chi connectivity index (χ1v) is 5.87. The zero-order valence-corrected chi connectivity index (χ0v) is 11.1. The molecule has 3 nitrogen and oxygen atoms in total. The van der Waals surface area contributed by atoms with Crippen molar-refractivity contribution in [3.63, 3.8) is 0 Å². The summed E-state index contributed by atoms with van der Waals surface area (Å²) in [4.78, 5) is 15.6. The molecule has 1 aromatic heterocycles. The second-order valence-corrected chi connectivity index (χ2v) is 5.98. The van der Waals surface area contributed by atoms with E-state index in [4.69, 9.17) is 11.6 Å². The summed E-state index contributed by atoms with van der Waals surface area (Å²) >= 11 is 5.73. The van der Waals surface area contributed by atoms with Crippen molar-refractivity contribution in [2.45, 2.75) is 40.7 Å². The van der Waals surface area contributed by atoms with Crippen molar-refractivity contribution < 1.29 is 0 Å². The van der Waals surface area contributed by atoms with Crippen LogP contribution in [0.25, 0.3) is 0 Å². The molecule has 0 aromatic carbocycles. The van der Waals surface area contributed by atoms with Crippen molar-refractivity contribution in [1.82, 2.24) is 9.55 Å². The van der Waals surface area contributed by atoms with Gasteiger partial charge in [0.1, 0.15) is 5.02 Å². The summed E-state index contributed by atoms with van der Waals surface area (Å²) in [6.45, 7) is 9.40. The molecule has 0 spiro atoms. The van der Waals surface area contributed by atoms with Crippen molar-refractivity contribution in [2.75, 3.05) is 0 Å². The van der Waals surface area contributed by atoms with Gasteiger partial charge in [0.15, 0.2) is 0 Å². The monoisotopic (exact) mass is 242 g/mol. The van der Waals surface area contributed by atoms with E-state index in [1.54, 1.807) is 10.9 Å². The SMILES string of the molecule is CC(Cn1cncc(Cl)c1=O)CC(C)(C)C. The molecule has 1 unspecified atom stereocenters.